The van der Waals surface area contributed by atoms with Crippen LogP contribution in [0.5, 0.6) is 28.7 Å². The molecule has 7 rings (SSSR count). The number of phenols is 1. The van der Waals surface area contributed by atoms with E-state index in [4.69, 9.17) is 9.47 Å². The van der Waals surface area contributed by atoms with E-state index in [0.717, 1.165) is 28.3 Å². The Kier molecular flexibility index (Phi) is 12.4. The van der Waals surface area contributed by atoms with Crippen molar-refractivity contribution < 1.29 is 33.8 Å². The molecule has 0 saturated carbocycles. The second-order valence-electron chi connectivity index (χ2n) is 15.0. The lowest BCUT2D eigenvalue weighted by atomic mass is 9.78. The number of hydrogen-bond donors (Lipinski definition) is 5. The first kappa shape index (κ1) is 42.0. The molecule has 5 N–H and O–H groups in total. The number of amides is 3. The number of aromatic hydroxyl groups is 1. The van der Waals surface area contributed by atoms with Gasteiger partial charge in [-0.15, -0.1) is 0 Å². The van der Waals surface area contributed by atoms with Gasteiger partial charge in [0.2, 0.25) is 0 Å². The van der Waals surface area contributed by atoms with Crippen LogP contribution in [0, 0.1) is 0 Å². The average Bonchev–Trinajstić information content (AvgIpc) is 3.29. The summed E-state index contributed by atoms with van der Waals surface area (Å²) < 4.78 is 12.1. The van der Waals surface area contributed by atoms with Crippen molar-refractivity contribution in [1.82, 2.24) is 0 Å². The predicted octanol–water partition coefficient (Wildman–Crippen LogP) is 11.3. The van der Waals surface area contributed by atoms with Crippen molar-refractivity contribution in [2.45, 2.75) is 26.2 Å². The van der Waals surface area contributed by atoms with Gasteiger partial charge < -0.3 is 35.8 Å². The highest BCUT2D eigenvalue weighted by Gasteiger charge is 2.23. The largest absolute Gasteiger partial charge is 0.506 e. The molecule has 62 heavy (non-hydrogen) atoms. The van der Waals surface area contributed by atoms with E-state index in [1.807, 2.05) is 67.7 Å². The van der Waals surface area contributed by atoms with Crippen LogP contribution in [0.1, 0.15) is 73.3 Å². The van der Waals surface area contributed by atoms with E-state index in [1.54, 1.807) is 60.7 Å². The second-order valence-corrected chi connectivity index (χ2v) is 15.0. The van der Waals surface area contributed by atoms with Crippen molar-refractivity contribution in [3.63, 3.8) is 0 Å². The lowest BCUT2D eigenvalue weighted by molar-refractivity contribution is 0.100. The Bertz CT molecular complexity index is 2750. The third-order valence-corrected chi connectivity index (χ3v) is 10.3. The molecule has 0 bridgehead atoms. The highest BCUT2D eigenvalue weighted by atomic mass is 16.5. The number of hydrogen-bond acceptors (Lipinski definition) is 8. The summed E-state index contributed by atoms with van der Waals surface area (Å²) in [6.07, 6.45) is 0. The number of benzene rings is 7. The topological polar surface area (TPSA) is 155 Å². The molecule has 0 aliphatic heterocycles. The zero-order chi connectivity index (χ0) is 43.8. The van der Waals surface area contributed by atoms with E-state index in [0.29, 0.717) is 22.7 Å². The number of ketones is 1. The van der Waals surface area contributed by atoms with Crippen LogP contribution in [0.2, 0.25) is 0 Å². The van der Waals surface area contributed by atoms with Gasteiger partial charge in [0.15, 0.2) is 5.78 Å². The van der Waals surface area contributed by atoms with E-state index < -0.39 is 17.7 Å². The van der Waals surface area contributed by atoms with Gasteiger partial charge in [-0.05, 0) is 139 Å². The third-order valence-electron chi connectivity index (χ3n) is 10.3. The molecule has 7 aromatic carbocycles. The number of anilines is 4. The van der Waals surface area contributed by atoms with Gasteiger partial charge in [-0.25, -0.2) is 0 Å². The van der Waals surface area contributed by atoms with E-state index in [9.17, 15) is 24.3 Å². The fourth-order valence-electron chi connectivity index (χ4n) is 6.61. The zero-order valence-corrected chi connectivity index (χ0v) is 34.5. The standard InChI is InChI=1S/C51H44N4O7/c1-32(56)33-7-5-8-34(29-33)50(60)55-46-31-41(19-28-47(46)57)54-49(59)36-10-6-9-35(30-36)48(58)53-40-17-26-45(27-18-40)62-43-22-13-38(14-23-43)51(2,3)37-11-20-42(21-12-37)61-44-24-15-39(52-4)16-25-44/h5-31,52,57H,1-4H3,(H,53,58)(H,54,59)(H,55,60). The molecule has 0 aliphatic rings. The van der Waals surface area contributed by atoms with Gasteiger partial charge in [-0.2, -0.15) is 0 Å². The van der Waals surface area contributed by atoms with Crippen molar-refractivity contribution in [3.8, 4) is 28.7 Å². The summed E-state index contributed by atoms with van der Waals surface area (Å²) in [6.45, 7) is 5.75. The van der Waals surface area contributed by atoms with Gasteiger partial charge in [-0.3, -0.25) is 19.2 Å². The highest BCUT2D eigenvalue weighted by molar-refractivity contribution is 6.10. The van der Waals surface area contributed by atoms with Crippen LogP contribution in [0.25, 0.3) is 0 Å². The fraction of sp³-hybridized carbons (Fsp3) is 0.0980. The molecule has 0 spiro atoms. The molecular formula is C51H44N4O7. The molecule has 0 fully saturated rings. The minimum absolute atomic E-state index is 0.0561. The Balaban J connectivity index is 0.924. The lowest BCUT2D eigenvalue weighted by Crippen LogP contribution is -2.18. The van der Waals surface area contributed by atoms with Crippen molar-refractivity contribution >= 4 is 46.3 Å². The number of nitrogens with one attached hydrogen (secondary N) is 4. The molecule has 0 heterocycles. The molecule has 7 aromatic rings. The number of carbonyl (C=O) groups excluding carboxylic acids is 4. The van der Waals surface area contributed by atoms with Gasteiger partial charge in [0.1, 0.15) is 28.7 Å². The Labute approximate surface area is 359 Å². The predicted molar refractivity (Wildman–Crippen MR) is 242 cm³/mol. The maximum Gasteiger partial charge on any atom is 0.255 e. The van der Waals surface area contributed by atoms with E-state index in [1.165, 1.54) is 37.3 Å². The maximum atomic E-state index is 13.2. The Morgan fingerprint density at radius 1 is 0.468 bits per heavy atom. The fourth-order valence-corrected chi connectivity index (χ4v) is 6.61. The molecule has 0 saturated heterocycles. The maximum absolute atomic E-state index is 13.2. The zero-order valence-electron chi connectivity index (χ0n) is 34.5. The first-order valence-corrected chi connectivity index (χ1v) is 19.8. The molecule has 0 aliphatic carbocycles. The van der Waals surface area contributed by atoms with Crippen LogP contribution in [0.4, 0.5) is 22.7 Å². The summed E-state index contributed by atoms with van der Waals surface area (Å²) in [5, 5.41) is 21.7. The summed E-state index contributed by atoms with van der Waals surface area (Å²) in [6, 6.07) is 47.5. The summed E-state index contributed by atoms with van der Waals surface area (Å²) in [4.78, 5) is 51.1. The van der Waals surface area contributed by atoms with E-state index in [-0.39, 0.29) is 45.0 Å². The van der Waals surface area contributed by atoms with Crippen LogP contribution in [-0.4, -0.2) is 35.7 Å². The number of Topliss-reactive ketones (excluding diaryl/α,β-unsaturated/α-hetero) is 1. The molecule has 310 valence electrons. The number of phenolic OH excluding ortho intramolecular Hbond substituents is 1. The Hall–Kier alpha value is -8.18. The van der Waals surface area contributed by atoms with E-state index in [2.05, 4.69) is 47.2 Å². The van der Waals surface area contributed by atoms with Gasteiger partial charge in [0.25, 0.3) is 17.7 Å². The van der Waals surface area contributed by atoms with Gasteiger partial charge >= 0.3 is 0 Å². The summed E-state index contributed by atoms with van der Waals surface area (Å²) >= 11 is 0. The molecule has 0 aromatic heterocycles. The molecule has 0 radical (unpaired) electrons. The quantitative estimate of drug-likeness (QED) is 0.0412. The van der Waals surface area contributed by atoms with Crippen molar-refractivity contribution in [2.75, 3.05) is 28.3 Å². The van der Waals surface area contributed by atoms with Gasteiger partial charge in [-0.1, -0.05) is 56.3 Å². The minimum Gasteiger partial charge on any atom is -0.506 e. The Morgan fingerprint density at radius 3 is 1.32 bits per heavy atom. The van der Waals surface area contributed by atoms with Crippen molar-refractivity contribution in [2.24, 2.45) is 0 Å². The van der Waals surface area contributed by atoms with Crippen molar-refractivity contribution in [1.29, 1.82) is 0 Å². The van der Waals surface area contributed by atoms with E-state index >= 15 is 0 Å². The van der Waals surface area contributed by atoms with Gasteiger partial charge in [0.05, 0.1) is 5.69 Å². The van der Waals surface area contributed by atoms with Crippen LogP contribution in [0.15, 0.2) is 164 Å². The molecule has 0 atom stereocenters. The molecule has 11 heteroatoms. The molecule has 3 amide bonds. The first-order valence-electron chi connectivity index (χ1n) is 19.8. The SMILES string of the molecule is CNc1ccc(Oc2ccc(C(C)(C)c3ccc(Oc4ccc(NC(=O)c5cccc(C(=O)Nc6ccc(O)c(NC(=O)c7cccc(C(C)=O)c7)c6)c5)cc4)cc3)cc2)cc1. The summed E-state index contributed by atoms with van der Waals surface area (Å²) in [5.41, 5.74) is 4.95. The van der Waals surface area contributed by atoms with Crippen LogP contribution in [0.3, 0.4) is 0 Å². The van der Waals surface area contributed by atoms with Gasteiger partial charge in [0, 0.05) is 51.8 Å². The molecule has 0 unspecified atom stereocenters. The number of rotatable bonds is 14. The monoisotopic (exact) mass is 824 g/mol. The first-order chi connectivity index (χ1) is 29.8. The lowest BCUT2D eigenvalue weighted by Gasteiger charge is -2.26. The van der Waals surface area contributed by atoms with Crippen LogP contribution >= 0.6 is 0 Å². The second kappa shape index (κ2) is 18.4. The summed E-state index contributed by atoms with van der Waals surface area (Å²) in [7, 11) is 1.88. The third kappa shape index (κ3) is 10.2. The minimum atomic E-state index is -0.545. The summed E-state index contributed by atoms with van der Waals surface area (Å²) in [5.74, 6) is 0.891. The normalized spacial score (nSPS) is 10.9. The average molecular weight is 825 g/mol. The number of ether oxygens (including phenoxy) is 2. The van der Waals surface area contributed by atoms with Crippen LogP contribution in [-0.2, 0) is 5.41 Å². The van der Waals surface area contributed by atoms with Crippen molar-refractivity contribution in [3.05, 3.63) is 197 Å². The molecule has 11 nitrogen and oxygen atoms in total. The number of carbonyl (C=O) groups is 4. The van der Waals surface area contributed by atoms with Crippen LogP contribution < -0.4 is 30.7 Å². The smallest absolute Gasteiger partial charge is 0.255 e. The molecular weight excluding hydrogens is 781 g/mol. The highest BCUT2D eigenvalue weighted by Crippen LogP contribution is 2.35. The Morgan fingerprint density at radius 2 is 0.855 bits per heavy atom.